The summed E-state index contributed by atoms with van der Waals surface area (Å²) in [4.78, 5) is 19.0. The lowest BCUT2D eigenvalue weighted by Crippen LogP contribution is -1.98. The number of ether oxygens (including phenoxy) is 1. The number of aryl methyl sites for hydroxylation is 2. The number of aromatic nitrogens is 2. The van der Waals surface area contributed by atoms with Crippen molar-refractivity contribution in [1.29, 1.82) is 0 Å². The molecule has 0 aliphatic rings. The third-order valence-corrected chi connectivity index (χ3v) is 3.67. The summed E-state index contributed by atoms with van der Waals surface area (Å²) in [5.74, 6) is 0.310. The topological polar surface area (TPSA) is 78.2 Å². The molecule has 0 spiro atoms. The summed E-state index contributed by atoms with van der Waals surface area (Å²) < 4.78 is 5.72. The SMILES string of the molecule is Cc1cc(Oc2ncccc2[N+](=O)[O-])c2c(Cl)ccc(C)c2n1. The second-order valence-electron chi connectivity index (χ2n) is 5.04. The zero-order valence-corrected chi connectivity index (χ0v) is 13.2. The van der Waals surface area contributed by atoms with Crippen molar-refractivity contribution in [3.05, 3.63) is 62.9 Å². The maximum Gasteiger partial charge on any atom is 0.331 e. The van der Waals surface area contributed by atoms with Crippen LogP contribution in [0.3, 0.4) is 0 Å². The fourth-order valence-corrected chi connectivity index (χ4v) is 2.55. The number of fused-ring (bicyclic) bond motifs is 1. The van der Waals surface area contributed by atoms with Gasteiger partial charge in [-0.3, -0.25) is 15.1 Å². The molecule has 3 aromatic rings. The van der Waals surface area contributed by atoms with Crippen molar-refractivity contribution >= 4 is 28.2 Å². The first kappa shape index (κ1) is 15.2. The zero-order chi connectivity index (χ0) is 16.6. The van der Waals surface area contributed by atoms with Gasteiger partial charge in [0.2, 0.25) is 0 Å². The standard InChI is InChI=1S/C16H12ClN3O3/c1-9-5-6-11(17)14-13(8-10(2)19-15(9)14)23-16-12(20(21)22)4-3-7-18-16/h3-8H,1-2H3. The van der Waals surface area contributed by atoms with Crippen LogP contribution in [0, 0.1) is 24.0 Å². The van der Waals surface area contributed by atoms with Crippen LogP contribution >= 0.6 is 11.6 Å². The summed E-state index contributed by atoms with van der Waals surface area (Å²) in [6.07, 6.45) is 1.44. The molecule has 7 heteroatoms. The lowest BCUT2D eigenvalue weighted by atomic mass is 10.1. The van der Waals surface area contributed by atoms with E-state index in [1.807, 2.05) is 19.9 Å². The van der Waals surface area contributed by atoms with Gasteiger partial charge in [-0.15, -0.1) is 0 Å². The van der Waals surface area contributed by atoms with Crippen LogP contribution in [0.4, 0.5) is 5.69 Å². The number of rotatable bonds is 3. The van der Waals surface area contributed by atoms with Crippen LogP contribution in [0.1, 0.15) is 11.3 Å². The van der Waals surface area contributed by atoms with E-state index in [2.05, 4.69) is 9.97 Å². The van der Waals surface area contributed by atoms with E-state index in [0.717, 1.165) is 11.3 Å². The fourth-order valence-electron chi connectivity index (χ4n) is 2.30. The van der Waals surface area contributed by atoms with Gasteiger partial charge in [0.05, 0.1) is 20.8 Å². The molecule has 0 unspecified atom stereocenters. The maximum absolute atomic E-state index is 11.1. The molecule has 0 amide bonds. The van der Waals surface area contributed by atoms with Crippen LogP contribution in [-0.4, -0.2) is 14.9 Å². The first-order chi connectivity index (χ1) is 11.0. The Kier molecular flexibility index (Phi) is 3.83. The Morgan fingerprint density at radius 2 is 2.04 bits per heavy atom. The van der Waals surface area contributed by atoms with Crippen LogP contribution in [0.2, 0.25) is 5.02 Å². The molecule has 0 radical (unpaired) electrons. The highest BCUT2D eigenvalue weighted by molar-refractivity contribution is 6.36. The van der Waals surface area contributed by atoms with E-state index in [0.29, 0.717) is 21.7 Å². The summed E-state index contributed by atoms with van der Waals surface area (Å²) in [7, 11) is 0. The van der Waals surface area contributed by atoms with Crippen LogP contribution in [-0.2, 0) is 0 Å². The number of halogens is 1. The molecule has 0 saturated carbocycles. The average molecular weight is 330 g/mol. The minimum atomic E-state index is -0.536. The zero-order valence-electron chi connectivity index (χ0n) is 12.4. The molecule has 3 rings (SSSR count). The molecular weight excluding hydrogens is 318 g/mol. The van der Waals surface area contributed by atoms with Gasteiger partial charge in [-0.25, -0.2) is 4.98 Å². The molecule has 2 heterocycles. The monoisotopic (exact) mass is 329 g/mol. The summed E-state index contributed by atoms with van der Waals surface area (Å²) in [5.41, 5.74) is 2.15. The molecule has 0 aliphatic carbocycles. The van der Waals surface area contributed by atoms with E-state index >= 15 is 0 Å². The molecule has 0 saturated heterocycles. The Hall–Kier alpha value is -2.73. The first-order valence-corrected chi connectivity index (χ1v) is 7.19. The van der Waals surface area contributed by atoms with Crippen molar-refractivity contribution in [3.63, 3.8) is 0 Å². The Morgan fingerprint density at radius 3 is 2.78 bits per heavy atom. The Morgan fingerprint density at radius 1 is 1.26 bits per heavy atom. The van der Waals surface area contributed by atoms with Crippen molar-refractivity contribution in [2.75, 3.05) is 0 Å². The summed E-state index contributed by atoms with van der Waals surface area (Å²) in [6, 6.07) is 8.12. The van der Waals surface area contributed by atoms with Gasteiger partial charge in [0.15, 0.2) is 0 Å². The predicted molar refractivity (Wildman–Crippen MR) is 87.2 cm³/mol. The van der Waals surface area contributed by atoms with Crippen molar-refractivity contribution in [1.82, 2.24) is 9.97 Å². The first-order valence-electron chi connectivity index (χ1n) is 6.81. The van der Waals surface area contributed by atoms with Gasteiger partial charge < -0.3 is 4.74 Å². The van der Waals surface area contributed by atoms with E-state index in [1.165, 1.54) is 18.3 Å². The van der Waals surface area contributed by atoms with E-state index in [1.54, 1.807) is 12.1 Å². The lowest BCUT2D eigenvalue weighted by molar-refractivity contribution is -0.386. The van der Waals surface area contributed by atoms with E-state index < -0.39 is 4.92 Å². The molecule has 116 valence electrons. The van der Waals surface area contributed by atoms with Gasteiger partial charge in [0, 0.05) is 24.0 Å². The predicted octanol–water partition coefficient (Wildman–Crippen LogP) is 4.60. The third kappa shape index (κ3) is 2.80. The highest BCUT2D eigenvalue weighted by Gasteiger charge is 2.19. The number of benzene rings is 1. The third-order valence-electron chi connectivity index (χ3n) is 3.36. The number of nitrogens with zero attached hydrogens (tertiary/aromatic N) is 3. The van der Waals surface area contributed by atoms with Crippen LogP contribution in [0.15, 0.2) is 36.5 Å². The van der Waals surface area contributed by atoms with E-state index in [4.69, 9.17) is 16.3 Å². The highest BCUT2D eigenvalue weighted by atomic mass is 35.5. The quantitative estimate of drug-likeness (QED) is 0.518. The molecule has 0 fully saturated rings. The van der Waals surface area contributed by atoms with Gasteiger partial charge in [0.25, 0.3) is 5.88 Å². The van der Waals surface area contributed by atoms with Crippen LogP contribution in [0.5, 0.6) is 11.6 Å². The molecule has 0 aliphatic heterocycles. The van der Waals surface area contributed by atoms with Gasteiger partial charge in [-0.2, -0.15) is 0 Å². The summed E-state index contributed by atoms with van der Waals surface area (Å²) >= 11 is 6.28. The van der Waals surface area contributed by atoms with Crippen molar-refractivity contribution in [2.24, 2.45) is 0 Å². The van der Waals surface area contributed by atoms with Gasteiger partial charge in [0.1, 0.15) is 5.75 Å². The molecule has 0 N–H and O–H groups in total. The Labute approximate surface area is 136 Å². The average Bonchev–Trinajstić information content (AvgIpc) is 2.51. The molecule has 0 atom stereocenters. The lowest BCUT2D eigenvalue weighted by Gasteiger charge is -2.11. The van der Waals surface area contributed by atoms with Crippen molar-refractivity contribution in [2.45, 2.75) is 13.8 Å². The molecule has 1 aromatic carbocycles. The highest BCUT2D eigenvalue weighted by Crippen LogP contribution is 2.37. The molecular formula is C16H12ClN3O3. The maximum atomic E-state index is 11.1. The number of nitro groups is 1. The second kappa shape index (κ2) is 5.81. The smallest absolute Gasteiger partial charge is 0.331 e. The van der Waals surface area contributed by atoms with Crippen molar-refractivity contribution < 1.29 is 9.66 Å². The van der Waals surface area contributed by atoms with E-state index in [-0.39, 0.29) is 11.6 Å². The normalized spacial score (nSPS) is 10.7. The number of hydrogen-bond acceptors (Lipinski definition) is 5. The van der Waals surface area contributed by atoms with Gasteiger partial charge in [-0.05, 0) is 31.5 Å². The molecule has 23 heavy (non-hydrogen) atoms. The Balaban J connectivity index is 2.22. The molecule has 6 nitrogen and oxygen atoms in total. The summed E-state index contributed by atoms with van der Waals surface area (Å²) in [6.45, 7) is 3.73. The largest absolute Gasteiger partial charge is 0.433 e. The van der Waals surface area contributed by atoms with Crippen molar-refractivity contribution in [3.8, 4) is 11.6 Å². The minimum absolute atomic E-state index is 0.0815. The number of hydrogen-bond donors (Lipinski definition) is 0. The van der Waals surface area contributed by atoms with E-state index in [9.17, 15) is 10.1 Å². The van der Waals surface area contributed by atoms with Gasteiger partial charge in [-0.1, -0.05) is 17.7 Å². The number of pyridine rings is 2. The minimum Gasteiger partial charge on any atom is -0.433 e. The van der Waals surface area contributed by atoms with Crippen LogP contribution in [0.25, 0.3) is 10.9 Å². The second-order valence-corrected chi connectivity index (χ2v) is 5.44. The van der Waals surface area contributed by atoms with Crippen LogP contribution < -0.4 is 4.74 Å². The van der Waals surface area contributed by atoms with Gasteiger partial charge >= 0.3 is 5.69 Å². The Bertz CT molecular complexity index is 928. The fraction of sp³-hybridized carbons (Fsp3) is 0.125. The summed E-state index contributed by atoms with van der Waals surface area (Å²) in [5, 5.41) is 12.2. The molecule has 0 bridgehead atoms. The molecule has 2 aromatic heterocycles.